The summed E-state index contributed by atoms with van der Waals surface area (Å²) < 4.78 is 5.71. The summed E-state index contributed by atoms with van der Waals surface area (Å²) in [7, 11) is 0. The van der Waals surface area contributed by atoms with Gasteiger partial charge in [0.2, 0.25) is 5.89 Å². The lowest BCUT2D eigenvalue weighted by Gasteiger charge is -2.24. The minimum atomic E-state index is 0.198. The van der Waals surface area contributed by atoms with Crippen molar-refractivity contribution >= 4 is 16.8 Å². The van der Waals surface area contributed by atoms with E-state index in [9.17, 15) is 0 Å². The van der Waals surface area contributed by atoms with E-state index in [1.165, 1.54) is 0 Å². The number of aliphatic hydroxyl groups is 1. The number of rotatable bonds is 6. The van der Waals surface area contributed by atoms with Gasteiger partial charge in [-0.2, -0.15) is 0 Å². The van der Waals surface area contributed by atoms with Crippen LogP contribution in [0.3, 0.4) is 0 Å². The van der Waals surface area contributed by atoms with Gasteiger partial charge in [-0.15, -0.1) is 0 Å². The summed E-state index contributed by atoms with van der Waals surface area (Å²) in [5.41, 5.74) is 7.96. The highest BCUT2D eigenvalue weighted by molar-refractivity contribution is 5.85. The summed E-state index contributed by atoms with van der Waals surface area (Å²) in [6.07, 6.45) is 0.751. The molecule has 2 aromatic rings. The number of hydrogen-bond acceptors (Lipinski definition) is 5. The SMILES string of the molecule is CC(C)N(CCCO)Cc1nc2c(N)cccc2o1. The first kappa shape index (κ1) is 13.8. The Labute approximate surface area is 113 Å². The molecule has 0 unspecified atom stereocenters. The minimum absolute atomic E-state index is 0.198. The molecule has 5 heteroatoms. The molecular formula is C14H21N3O2. The standard InChI is InChI=1S/C14H21N3O2/c1-10(2)17(7-4-8-18)9-13-16-14-11(15)5-3-6-12(14)19-13/h3,5-6,10,18H,4,7-9,15H2,1-2H3. The van der Waals surface area contributed by atoms with Crippen LogP contribution in [-0.4, -0.2) is 34.2 Å². The van der Waals surface area contributed by atoms with Gasteiger partial charge in [0, 0.05) is 19.2 Å². The first-order chi connectivity index (χ1) is 9.11. The predicted octanol–water partition coefficient (Wildman–Crippen LogP) is 2.00. The zero-order valence-electron chi connectivity index (χ0n) is 11.5. The van der Waals surface area contributed by atoms with Crippen molar-refractivity contribution in [2.45, 2.75) is 32.9 Å². The third-order valence-electron chi connectivity index (χ3n) is 3.17. The second-order valence-corrected chi connectivity index (χ2v) is 4.94. The van der Waals surface area contributed by atoms with Crippen molar-refractivity contribution < 1.29 is 9.52 Å². The van der Waals surface area contributed by atoms with Crippen LogP contribution < -0.4 is 5.73 Å². The number of nitrogens with two attached hydrogens (primary N) is 1. The number of anilines is 1. The Bertz CT molecular complexity index is 536. The number of nitrogen functional groups attached to an aromatic ring is 1. The van der Waals surface area contributed by atoms with Gasteiger partial charge in [0.1, 0.15) is 5.52 Å². The Morgan fingerprint density at radius 2 is 2.21 bits per heavy atom. The van der Waals surface area contributed by atoms with Gasteiger partial charge in [0.25, 0.3) is 0 Å². The van der Waals surface area contributed by atoms with Crippen LogP contribution >= 0.6 is 0 Å². The third-order valence-corrected chi connectivity index (χ3v) is 3.17. The first-order valence-corrected chi connectivity index (χ1v) is 6.60. The first-order valence-electron chi connectivity index (χ1n) is 6.60. The van der Waals surface area contributed by atoms with E-state index in [2.05, 4.69) is 23.7 Å². The van der Waals surface area contributed by atoms with E-state index in [1.807, 2.05) is 18.2 Å². The van der Waals surface area contributed by atoms with E-state index in [0.29, 0.717) is 24.2 Å². The van der Waals surface area contributed by atoms with Gasteiger partial charge in [-0.05, 0) is 32.4 Å². The number of oxazole rings is 1. The number of aliphatic hydroxyl groups excluding tert-OH is 1. The Kier molecular flexibility index (Phi) is 4.39. The van der Waals surface area contributed by atoms with Crippen LogP contribution in [0, 0.1) is 0 Å². The van der Waals surface area contributed by atoms with Crippen LogP contribution in [0.2, 0.25) is 0 Å². The second kappa shape index (κ2) is 6.04. The fourth-order valence-electron chi connectivity index (χ4n) is 2.05. The van der Waals surface area contributed by atoms with Crippen LogP contribution in [0.5, 0.6) is 0 Å². The molecule has 0 bridgehead atoms. The maximum absolute atomic E-state index is 8.93. The summed E-state index contributed by atoms with van der Waals surface area (Å²) >= 11 is 0. The van der Waals surface area contributed by atoms with Gasteiger partial charge >= 0.3 is 0 Å². The average Bonchev–Trinajstić information content (AvgIpc) is 2.78. The Morgan fingerprint density at radius 1 is 1.42 bits per heavy atom. The highest BCUT2D eigenvalue weighted by Crippen LogP contribution is 2.22. The quantitative estimate of drug-likeness (QED) is 0.780. The lowest BCUT2D eigenvalue weighted by Crippen LogP contribution is -2.31. The van der Waals surface area contributed by atoms with Gasteiger partial charge in [0.15, 0.2) is 5.58 Å². The number of benzene rings is 1. The molecule has 0 aliphatic carbocycles. The molecule has 3 N–H and O–H groups in total. The van der Waals surface area contributed by atoms with E-state index in [1.54, 1.807) is 0 Å². The third kappa shape index (κ3) is 3.24. The van der Waals surface area contributed by atoms with E-state index >= 15 is 0 Å². The van der Waals surface area contributed by atoms with Gasteiger partial charge in [-0.25, -0.2) is 4.98 Å². The predicted molar refractivity (Wildman–Crippen MR) is 75.7 cm³/mol. The molecule has 0 fully saturated rings. The van der Waals surface area contributed by atoms with E-state index < -0.39 is 0 Å². The molecule has 1 heterocycles. The number of nitrogens with zero attached hydrogens (tertiary/aromatic N) is 2. The molecule has 1 aromatic heterocycles. The molecule has 0 aliphatic heterocycles. The van der Waals surface area contributed by atoms with Crippen molar-refractivity contribution in [3.63, 3.8) is 0 Å². The second-order valence-electron chi connectivity index (χ2n) is 4.94. The van der Waals surface area contributed by atoms with E-state index in [0.717, 1.165) is 24.1 Å². The van der Waals surface area contributed by atoms with Crippen molar-refractivity contribution in [1.82, 2.24) is 9.88 Å². The number of fused-ring (bicyclic) bond motifs is 1. The molecule has 0 saturated carbocycles. The molecule has 5 nitrogen and oxygen atoms in total. The number of aromatic nitrogens is 1. The zero-order valence-corrected chi connectivity index (χ0v) is 11.5. The summed E-state index contributed by atoms with van der Waals surface area (Å²) in [5.74, 6) is 0.666. The van der Waals surface area contributed by atoms with E-state index in [-0.39, 0.29) is 6.61 Å². The molecule has 2 rings (SSSR count). The summed E-state index contributed by atoms with van der Waals surface area (Å²) in [6.45, 7) is 5.89. The Hall–Kier alpha value is -1.59. The molecule has 1 aromatic carbocycles. The largest absolute Gasteiger partial charge is 0.439 e. The van der Waals surface area contributed by atoms with Crippen molar-refractivity contribution in [3.05, 3.63) is 24.1 Å². The number of hydrogen-bond donors (Lipinski definition) is 2. The molecule has 0 amide bonds. The topological polar surface area (TPSA) is 75.5 Å². The molecule has 0 aliphatic rings. The fourth-order valence-corrected chi connectivity index (χ4v) is 2.05. The molecule has 0 saturated heterocycles. The molecule has 104 valence electrons. The lowest BCUT2D eigenvalue weighted by atomic mass is 10.3. The van der Waals surface area contributed by atoms with E-state index in [4.69, 9.17) is 15.3 Å². The Balaban J connectivity index is 2.17. The molecule has 0 atom stereocenters. The van der Waals surface area contributed by atoms with Crippen molar-refractivity contribution in [3.8, 4) is 0 Å². The fraction of sp³-hybridized carbons (Fsp3) is 0.500. The van der Waals surface area contributed by atoms with Crippen molar-refractivity contribution in [2.75, 3.05) is 18.9 Å². The van der Waals surface area contributed by atoms with Crippen LogP contribution in [0.4, 0.5) is 5.69 Å². The Morgan fingerprint density at radius 3 is 2.84 bits per heavy atom. The summed E-state index contributed by atoms with van der Waals surface area (Å²) in [4.78, 5) is 6.67. The normalized spacial score (nSPS) is 11.8. The molecular weight excluding hydrogens is 242 g/mol. The van der Waals surface area contributed by atoms with Gasteiger partial charge in [-0.1, -0.05) is 6.07 Å². The molecule has 0 radical (unpaired) electrons. The maximum atomic E-state index is 8.93. The van der Waals surface area contributed by atoms with Gasteiger partial charge in [0.05, 0.1) is 12.2 Å². The highest BCUT2D eigenvalue weighted by Gasteiger charge is 2.14. The minimum Gasteiger partial charge on any atom is -0.439 e. The van der Waals surface area contributed by atoms with Gasteiger partial charge < -0.3 is 15.3 Å². The maximum Gasteiger partial charge on any atom is 0.209 e. The van der Waals surface area contributed by atoms with Crippen LogP contribution in [0.15, 0.2) is 22.6 Å². The van der Waals surface area contributed by atoms with Crippen molar-refractivity contribution in [1.29, 1.82) is 0 Å². The molecule has 19 heavy (non-hydrogen) atoms. The van der Waals surface area contributed by atoms with Gasteiger partial charge in [-0.3, -0.25) is 4.90 Å². The smallest absolute Gasteiger partial charge is 0.209 e. The zero-order chi connectivity index (χ0) is 13.8. The highest BCUT2D eigenvalue weighted by atomic mass is 16.3. The van der Waals surface area contributed by atoms with Crippen LogP contribution in [-0.2, 0) is 6.54 Å². The van der Waals surface area contributed by atoms with Crippen LogP contribution in [0.25, 0.3) is 11.1 Å². The summed E-state index contributed by atoms with van der Waals surface area (Å²) in [6, 6.07) is 5.92. The lowest BCUT2D eigenvalue weighted by molar-refractivity contribution is 0.172. The number of para-hydroxylation sites is 1. The molecule has 0 spiro atoms. The average molecular weight is 263 g/mol. The summed E-state index contributed by atoms with van der Waals surface area (Å²) in [5, 5.41) is 8.93. The van der Waals surface area contributed by atoms with Crippen molar-refractivity contribution in [2.24, 2.45) is 0 Å². The monoisotopic (exact) mass is 263 g/mol. The van der Waals surface area contributed by atoms with Crippen LogP contribution in [0.1, 0.15) is 26.2 Å².